The molecule has 0 radical (unpaired) electrons. The average Bonchev–Trinajstić information content (AvgIpc) is 3.25. The van der Waals surface area contributed by atoms with E-state index in [9.17, 15) is 24.1 Å². The maximum atomic E-state index is 13.2. The monoisotopic (exact) mass is 514 g/mol. The first-order chi connectivity index (χ1) is 17.1. The van der Waals surface area contributed by atoms with Gasteiger partial charge in [-0.15, -0.1) is 10.2 Å². The first-order valence-corrected chi connectivity index (χ1v) is 12.3. The number of thioether (sulfide) groups is 1. The maximum Gasteiger partial charge on any atom is 0.271 e. The molecule has 0 unspecified atom stereocenters. The van der Waals surface area contributed by atoms with E-state index in [4.69, 9.17) is 0 Å². The first kappa shape index (κ1) is 26.8. The van der Waals surface area contributed by atoms with Crippen LogP contribution in [0.15, 0.2) is 47.6 Å². The van der Waals surface area contributed by atoms with Gasteiger partial charge in [0.05, 0.1) is 22.4 Å². The second kappa shape index (κ2) is 11.8. The van der Waals surface area contributed by atoms with Crippen LogP contribution < -0.4 is 10.6 Å². The lowest BCUT2D eigenvalue weighted by atomic mass is 10.0. The third-order valence-electron chi connectivity index (χ3n) is 5.44. The molecule has 36 heavy (non-hydrogen) atoms. The molecule has 12 heteroatoms. The highest BCUT2D eigenvalue weighted by atomic mass is 32.2. The van der Waals surface area contributed by atoms with E-state index in [1.807, 2.05) is 25.3 Å². The highest BCUT2D eigenvalue weighted by Crippen LogP contribution is 2.26. The number of benzene rings is 2. The van der Waals surface area contributed by atoms with Crippen LogP contribution in [0.2, 0.25) is 0 Å². The summed E-state index contributed by atoms with van der Waals surface area (Å²) in [5, 5.41) is 25.7. The molecule has 3 aromatic rings. The normalized spacial score (nSPS) is 11.8. The summed E-state index contributed by atoms with van der Waals surface area (Å²) >= 11 is 1.17. The molecule has 10 nitrogen and oxygen atoms in total. The standard InChI is InChI=1S/C24H27FN6O4S/c1-5-30-22(21(14(2)3)27-23(33)16-7-9-17(25)10-8-16)28-29-24(30)36-13-20(32)26-19-12-18(31(34)35)11-6-15(19)4/h6-12,14,21H,5,13H2,1-4H3,(H,26,32)(H,27,33)/t21-/m0/s1. The number of nitrogens with zero attached hydrogens (tertiary/aromatic N) is 4. The smallest absolute Gasteiger partial charge is 0.271 e. The molecule has 1 heterocycles. The van der Waals surface area contributed by atoms with Crippen molar-refractivity contribution in [3.63, 3.8) is 0 Å². The molecule has 3 rings (SSSR count). The van der Waals surface area contributed by atoms with Gasteiger partial charge in [-0.2, -0.15) is 0 Å². The Bertz CT molecular complexity index is 1260. The fraction of sp³-hybridized carbons (Fsp3) is 0.333. The number of aryl methyl sites for hydroxylation is 1. The summed E-state index contributed by atoms with van der Waals surface area (Å²) < 4.78 is 15.0. The fourth-order valence-corrected chi connectivity index (χ4v) is 4.27. The van der Waals surface area contributed by atoms with Crippen LogP contribution in [0.1, 0.15) is 48.6 Å². The van der Waals surface area contributed by atoms with Gasteiger partial charge in [0, 0.05) is 24.2 Å². The van der Waals surface area contributed by atoms with Gasteiger partial charge >= 0.3 is 0 Å². The third-order valence-corrected chi connectivity index (χ3v) is 6.40. The van der Waals surface area contributed by atoms with Gasteiger partial charge in [-0.25, -0.2) is 4.39 Å². The van der Waals surface area contributed by atoms with Crippen molar-refractivity contribution in [2.24, 2.45) is 5.92 Å². The molecule has 1 aromatic heterocycles. The van der Waals surface area contributed by atoms with E-state index in [2.05, 4.69) is 20.8 Å². The van der Waals surface area contributed by atoms with E-state index < -0.39 is 16.8 Å². The summed E-state index contributed by atoms with van der Waals surface area (Å²) in [6, 6.07) is 9.09. The zero-order chi connectivity index (χ0) is 26.4. The molecule has 1 atom stereocenters. The van der Waals surface area contributed by atoms with Gasteiger partial charge in [-0.3, -0.25) is 19.7 Å². The number of carbonyl (C=O) groups excluding carboxylic acids is 2. The minimum Gasteiger partial charge on any atom is -0.342 e. The lowest BCUT2D eigenvalue weighted by Crippen LogP contribution is -2.33. The number of hydrogen-bond acceptors (Lipinski definition) is 7. The number of rotatable bonds is 10. The molecule has 2 N–H and O–H groups in total. The van der Waals surface area contributed by atoms with Gasteiger partial charge in [0.15, 0.2) is 11.0 Å². The lowest BCUT2D eigenvalue weighted by molar-refractivity contribution is -0.384. The number of aromatic nitrogens is 3. The molecule has 0 aliphatic heterocycles. The minimum absolute atomic E-state index is 0.00848. The van der Waals surface area contributed by atoms with Crippen molar-refractivity contribution in [2.45, 2.75) is 45.4 Å². The van der Waals surface area contributed by atoms with Crippen molar-refractivity contribution >= 4 is 35.0 Å². The maximum absolute atomic E-state index is 13.2. The molecule has 2 aromatic carbocycles. The van der Waals surface area contributed by atoms with E-state index in [0.29, 0.717) is 34.3 Å². The summed E-state index contributed by atoms with van der Waals surface area (Å²) in [7, 11) is 0. The number of carbonyl (C=O) groups is 2. The van der Waals surface area contributed by atoms with Gasteiger partial charge in [0.1, 0.15) is 5.82 Å². The Morgan fingerprint density at radius 1 is 1.17 bits per heavy atom. The quantitative estimate of drug-likeness (QED) is 0.231. The summed E-state index contributed by atoms with van der Waals surface area (Å²) in [4.78, 5) is 35.8. The van der Waals surface area contributed by atoms with Crippen LogP contribution >= 0.6 is 11.8 Å². The SMILES string of the molecule is CCn1c(SCC(=O)Nc2cc([N+](=O)[O-])ccc2C)nnc1[C@@H](NC(=O)c1ccc(F)cc1)C(C)C. The van der Waals surface area contributed by atoms with Crippen molar-refractivity contribution < 1.29 is 18.9 Å². The summed E-state index contributed by atoms with van der Waals surface area (Å²) in [5.41, 5.74) is 1.29. The Labute approximate surface area is 211 Å². The number of non-ortho nitro benzene ring substituents is 1. The van der Waals surface area contributed by atoms with E-state index >= 15 is 0 Å². The van der Waals surface area contributed by atoms with Gasteiger partial charge < -0.3 is 15.2 Å². The van der Waals surface area contributed by atoms with E-state index in [1.54, 1.807) is 13.0 Å². The van der Waals surface area contributed by atoms with Crippen molar-refractivity contribution in [1.29, 1.82) is 0 Å². The molecule has 0 saturated carbocycles. The number of hydrogen-bond donors (Lipinski definition) is 2. The molecular formula is C24H27FN6O4S. The molecule has 0 spiro atoms. The lowest BCUT2D eigenvalue weighted by Gasteiger charge is -2.22. The Balaban J connectivity index is 1.72. The zero-order valence-corrected chi connectivity index (χ0v) is 21.1. The largest absolute Gasteiger partial charge is 0.342 e. The average molecular weight is 515 g/mol. The fourth-order valence-electron chi connectivity index (χ4n) is 3.46. The van der Waals surface area contributed by atoms with Crippen LogP contribution in [0, 0.1) is 28.8 Å². The second-order valence-electron chi connectivity index (χ2n) is 8.38. The Kier molecular flexibility index (Phi) is 8.75. The van der Waals surface area contributed by atoms with E-state index in [1.165, 1.54) is 48.2 Å². The topological polar surface area (TPSA) is 132 Å². The predicted molar refractivity (Wildman–Crippen MR) is 134 cm³/mol. The van der Waals surface area contributed by atoms with Crippen molar-refractivity contribution in [2.75, 3.05) is 11.1 Å². The van der Waals surface area contributed by atoms with E-state index in [0.717, 1.165) is 0 Å². The molecule has 0 bridgehead atoms. The Morgan fingerprint density at radius 2 is 1.86 bits per heavy atom. The van der Waals surface area contributed by atoms with Crippen molar-refractivity contribution in [3.8, 4) is 0 Å². The van der Waals surface area contributed by atoms with Gasteiger partial charge in [0.2, 0.25) is 5.91 Å². The van der Waals surface area contributed by atoms with Crippen LogP contribution in [-0.2, 0) is 11.3 Å². The van der Waals surface area contributed by atoms with Crippen molar-refractivity contribution in [1.82, 2.24) is 20.1 Å². The molecule has 0 fully saturated rings. The van der Waals surface area contributed by atoms with Gasteiger partial charge in [0.25, 0.3) is 11.6 Å². The number of halogens is 1. The molecular weight excluding hydrogens is 487 g/mol. The third kappa shape index (κ3) is 6.45. The van der Waals surface area contributed by atoms with E-state index in [-0.39, 0.29) is 29.2 Å². The van der Waals surface area contributed by atoms with Crippen LogP contribution in [0.3, 0.4) is 0 Å². The highest BCUT2D eigenvalue weighted by Gasteiger charge is 2.26. The number of nitrogens with one attached hydrogen (secondary N) is 2. The summed E-state index contributed by atoms with van der Waals surface area (Å²) in [6.07, 6.45) is 0. The Hall–Kier alpha value is -3.80. The number of nitro groups is 1. The first-order valence-electron chi connectivity index (χ1n) is 11.3. The number of amides is 2. The summed E-state index contributed by atoms with van der Waals surface area (Å²) in [5.74, 6) is -0.610. The molecule has 2 amide bonds. The predicted octanol–water partition coefficient (Wildman–Crippen LogP) is 4.51. The molecule has 0 saturated heterocycles. The van der Waals surface area contributed by atoms with Crippen molar-refractivity contribution in [3.05, 3.63) is 75.3 Å². The molecule has 190 valence electrons. The minimum atomic E-state index is -0.519. The van der Waals surface area contributed by atoms with Crippen LogP contribution in [0.5, 0.6) is 0 Å². The van der Waals surface area contributed by atoms with Gasteiger partial charge in [-0.1, -0.05) is 31.7 Å². The second-order valence-corrected chi connectivity index (χ2v) is 9.32. The molecule has 0 aliphatic carbocycles. The van der Waals surface area contributed by atoms with Crippen LogP contribution in [0.4, 0.5) is 15.8 Å². The van der Waals surface area contributed by atoms with Crippen LogP contribution in [-0.4, -0.2) is 37.3 Å². The number of nitro benzene ring substituents is 1. The number of anilines is 1. The Morgan fingerprint density at radius 3 is 2.47 bits per heavy atom. The molecule has 0 aliphatic rings. The van der Waals surface area contributed by atoms with Gasteiger partial charge in [-0.05, 0) is 49.6 Å². The summed E-state index contributed by atoms with van der Waals surface area (Å²) in [6.45, 7) is 8.03. The highest BCUT2D eigenvalue weighted by molar-refractivity contribution is 7.99. The van der Waals surface area contributed by atoms with Crippen LogP contribution in [0.25, 0.3) is 0 Å². The zero-order valence-electron chi connectivity index (χ0n) is 20.3.